The molecule has 6 heteroatoms. The number of carbonyl (C=O) groups excluding carboxylic acids is 3. The van der Waals surface area contributed by atoms with Crippen LogP contribution in [0, 0.1) is 0 Å². The molecule has 0 fully saturated rings. The molecule has 0 aromatic heterocycles. The van der Waals surface area contributed by atoms with Crippen LogP contribution < -0.4 is 0 Å². The van der Waals surface area contributed by atoms with Crippen LogP contribution in [0.4, 0.5) is 0 Å². The molecule has 0 aliphatic carbocycles. The van der Waals surface area contributed by atoms with Gasteiger partial charge in [-0.25, -0.2) is 0 Å². The van der Waals surface area contributed by atoms with Gasteiger partial charge in [0.1, 0.15) is 13.2 Å². The lowest BCUT2D eigenvalue weighted by molar-refractivity contribution is -0.167. The maximum atomic E-state index is 12.8. The summed E-state index contributed by atoms with van der Waals surface area (Å²) in [4.78, 5) is 38.1. The summed E-state index contributed by atoms with van der Waals surface area (Å²) in [6.07, 6.45) is 61.6. The molecule has 0 N–H and O–H groups in total. The van der Waals surface area contributed by atoms with Gasteiger partial charge in [0.25, 0.3) is 0 Å². The third kappa shape index (κ3) is 50.9. The zero-order chi connectivity index (χ0) is 46.5. The molecule has 1 atom stereocenters. The lowest BCUT2D eigenvalue weighted by Crippen LogP contribution is -2.30. The van der Waals surface area contributed by atoms with Gasteiger partial charge in [-0.05, 0) is 44.9 Å². The van der Waals surface area contributed by atoms with Gasteiger partial charge >= 0.3 is 17.9 Å². The van der Waals surface area contributed by atoms with Gasteiger partial charge in [-0.1, -0.05) is 270 Å². The van der Waals surface area contributed by atoms with Crippen molar-refractivity contribution in [1.82, 2.24) is 0 Å². The first-order chi connectivity index (χ1) is 31.5. The molecular formula is C58H108O6. The quantitative estimate of drug-likeness (QED) is 0.0262. The van der Waals surface area contributed by atoms with E-state index in [1.165, 1.54) is 212 Å². The molecule has 6 nitrogen and oxygen atoms in total. The van der Waals surface area contributed by atoms with E-state index in [-0.39, 0.29) is 31.1 Å². The summed E-state index contributed by atoms with van der Waals surface area (Å²) < 4.78 is 16.9. The number of unbranched alkanes of at least 4 members (excludes halogenated alkanes) is 38. The number of carbonyl (C=O) groups is 3. The molecule has 376 valence electrons. The van der Waals surface area contributed by atoms with Crippen LogP contribution in [-0.4, -0.2) is 37.2 Å². The summed E-state index contributed by atoms with van der Waals surface area (Å²) in [5.74, 6) is -0.850. The van der Waals surface area contributed by atoms with Gasteiger partial charge in [0.15, 0.2) is 6.10 Å². The SMILES string of the molecule is CCCCC/C=C\C=C/CCCCCCCCCCCCC(=O)OCC(COC(=O)CCCCCCCCCCCCCC)OC(=O)CCCCCCCCCCCCCCCCC. The topological polar surface area (TPSA) is 78.9 Å². The molecule has 0 saturated carbocycles. The van der Waals surface area contributed by atoms with Gasteiger partial charge in [-0.15, -0.1) is 0 Å². The average Bonchev–Trinajstić information content (AvgIpc) is 3.29. The Bertz CT molecular complexity index is 1040. The van der Waals surface area contributed by atoms with Crippen molar-refractivity contribution in [2.75, 3.05) is 13.2 Å². The van der Waals surface area contributed by atoms with Gasteiger partial charge in [0.05, 0.1) is 0 Å². The van der Waals surface area contributed by atoms with E-state index in [1.54, 1.807) is 0 Å². The van der Waals surface area contributed by atoms with Crippen molar-refractivity contribution in [2.24, 2.45) is 0 Å². The minimum absolute atomic E-state index is 0.0666. The third-order valence-electron chi connectivity index (χ3n) is 12.7. The lowest BCUT2D eigenvalue weighted by atomic mass is 10.0. The molecule has 0 aromatic rings. The lowest BCUT2D eigenvalue weighted by Gasteiger charge is -2.18. The first-order valence-electron chi connectivity index (χ1n) is 28.4. The van der Waals surface area contributed by atoms with Gasteiger partial charge < -0.3 is 14.2 Å². The second kappa shape index (κ2) is 53.5. The maximum absolute atomic E-state index is 12.8. The molecule has 0 radical (unpaired) electrons. The predicted octanol–water partition coefficient (Wildman–Crippen LogP) is 18.7. The number of ether oxygens (including phenoxy) is 3. The predicted molar refractivity (Wildman–Crippen MR) is 275 cm³/mol. The Morgan fingerprint density at radius 1 is 0.312 bits per heavy atom. The van der Waals surface area contributed by atoms with E-state index in [0.717, 1.165) is 57.8 Å². The summed E-state index contributed by atoms with van der Waals surface area (Å²) in [6.45, 7) is 6.65. The molecule has 0 rings (SSSR count). The standard InChI is InChI=1S/C58H108O6/c1-4-7-10-13-16-19-22-25-27-28-29-30-32-33-36-39-42-45-48-51-57(60)63-54-55(53-62-56(59)50-47-44-41-38-35-24-21-18-15-12-9-6-3)64-58(61)52-49-46-43-40-37-34-31-26-23-20-17-14-11-8-5-2/h16,19,22,25,55H,4-15,17-18,20-21,23-24,26-54H2,1-3H3/b19-16-,25-22-. The van der Waals surface area contributed by atoms with E-state index in [1.807, 2.05) is 0 Å². The van der Waals surface area contributed by atoms with Gasteiger partial charge in [0, 0.05) is 19.3 Å². The van der Waals surface area contributed by atoms with Crippen molar-refractivity contribution in [1.29, 1.82) is 0 Å². The van der Waals surface area contributed by atoms with Crippen LogP contribution in [0.2, 0.25) is 0 Å². The molecule has 0 heterocycles. The molecular weight excluding hydrogens is 793 g/mol. The monoisotopic (exact) mass is 901 g/mol. The average molecular weight is 901 g/mol. The van der Waals surface area contributed by atoms with E-state index in [2.05, 4.69) is 45.1 Å². The summed E-state index contributed by atoms with van der Waals surface area (Å²) in [6, 6.07) is 0. The molecule has 0 aromatic carbocycles. The number of rotatable bonds is 52. The zero-order valence-corrected chi connectivity index (χ0v) is 43.1. The van der Waals surface area contributed by atoms with E-state index >= 15 is 0 Å². The Balaban J connectivity index is 4.30. The highest BCUT2D eigenvalue weighted by molar-refractivity contribution is 5.71. The van der Waals surface area contributed by atoms with Crippen LogP contribution in [0.15, 0.2) is 24.3 Å². The van der Waals surface area contributed by atoms with E-state index < -0.39 is 6.10 Å². The highest BCUT2D eigenvalue weighted by Crippen LogP contribution is 2.17. The molecule has 0 bridgehead atoms. The molecule has 0 spiro atoms. The highest BCUT2D eigenvalue weighted by Gasteiger charge is 2.19. The van der Waals surface area contributed by atoms with Crippen LogP contribution in [0.1, 0.15) is 310 Å². The molecule has 64 heavy (non-hydrogen) atoms. The van der Waals surface area contributed by atoms with Gasteiger partial charge in [0.2, 0.25) is 0 Å². The minimum atomic E-state index is -0.766. The number of esters is 3. The molecule has 0 saturated heterocycles. The van der Waals surface area contributed by atoms with E-state index in [9.17, 15) is 14.4 Å². The second-order valence-corrected chi connectivity index (χ2v) is 19.2. The van der Waals surface area contributed by atoms with Crippen molar-refractivity contribution < 1.29 is 28.6 Å². The van der Waals surface area contributed by atoms with Gasteiger partial charge in [-0.2, -0.15) is 0 Å². The molecule has 0 aliphatic heterocycles. The van der Waals surface area contributed by atoms with Crippen LogP contribution >= 0.6 is 0 Å². The molecule has 1 unspecified atom stereocenters. The van der Waals surface area contributed by atoms with Crippen LogP contribution in [0.3, 0.4) is 0 Å². The smallest absolute Gasteiger partial charge is 0.306 e. The van der Waals surface area contributed by atoms with E-state index in [0.29, 0.717) is 19.3 Å². The van der Waals surface area contributed by atoms with Gasteiger partial charge in [-0.3, -0.25) is 14.4 Å². The van der Waals surface area contributed by atoms with Crippen molar-refractivity contribution in [2.45, 2.75) is 316 Å². The first kappa shape index (κ1) is 61.9. The Morgan fingerprint density at radius 2 is 0.547 bits per heavy atom. The Kier molecular flexibility index (Phi) is 51.7. The first-order valence-corrected chi connectivity index (χ1v) is 28.4. The van der Waals surface area contributed by atoms with Crippen molar-refractivity contribution in [3.8, 4) is 0 Å². The van der Waals surface area contributed by atoms with Crippen LogP contribution in [0.5, 0.6) is 0 Å². The molecule has 0 amide bonds. The Hall–Kier alpha value is -2.11. The number of hydrogen-bond acceptors (Lipinski definition) is 6. The van der Waals surface area contributed by atoms with Crippen molar-refractivity contribution in [3.05, 3.63) is 24.3 Å². The minimum Gasteiger partial charge on any atom is -0.462 e. The maximum Gasteiger partial charge on any atom is 0.306 e. The largest absolute Gasteiger partial charge is 0.462 e. The zero-order valence-electron chi connectivity index (χ0n) is 43.1. The van der Waals surface area contributed by atoms with Crippen molar-refractivity contribution >= 4 is 17.9 Å². The molecule has 0 aliphatic rings. The number of allylic oxidation sites excluding steroid dienone is 4. The fraction of sp³-hybridized carbons (Fsp3) is 0.879. The summed E-state index contributed by atoms with van der Waals surface area (Å²) in [5, 5.41) is 0. The van der Waals surface area contributed by atoms with E-state index in [4.69, 9.17) is 14.2 Å². The highest BCUT2D eigenvalue weighted by atomic mass is 16.6. The second-order valence-electron chi connectivity index (χ2n) is 19.2. The summed E-state index contributed by atoms with van der Waals surface area (Å²) in [7, 11) is 0. The fourth-order valence-electron chi connectivity index (χ4n) is 8.44. The van der Waals surface area contributed by atoms with Crippen LogP contribution in [0.25, 0.3) is 0 Å². The third-order valence-corrected chi connectivity index (χ3v) is 12.7. The fourth-order valence-corrected chi connectivity index (χ4v) is 8.44. The summed E-state index contributed by atoms with van der Waals surface area (Å²) >= 11 is 0. The number of hydrogen-bond donors (Lipinski definition) is 0. The Morgan fingerprint density at radius 3 is 0.859 bits per heavy atom. The van der Waals surface area contributed by atoms with Crippen LogP contribution in [-0.2, 0) is 28.6 Å². The Labute approximate surface area is 398 Å². The van der Waals surface area contributed by atoms with Crippen molar-refractivity contribution in [3.63, 3.8) is 0 Å². The summed E-state index contributed by atoms with van der Waals surface area (Å²) in [5.41, 5.74) is 0. The normalized spacial score (nSPS) is 12.1.